The van der Waals surface area contributed by atoms with Crippen LogP contribution >= 0.6 is 23.2 Å². The highest BCUT2D eigenvalue weighted by Gasteiger charge is 2.26. The third kappa shape index (κ3) is 4.54. The Bertz CT molecular complexity index is 546. The zero-order chi connectivity index (χ0) is 17.1. The lowest BCUT2D eigenvalue weighted by Gasteiger charge is -2.42. The van der Waals surface area contributed by atoms with Gasteiger partial charge in [-0.1, -0.05) is 23.2 Å². The van der Waals surface area contributed by atoms with Gasteiger partial charge in [0, 0.05) is 44.0 Å². The largest absolute Gasteiger partial charge is 0.365 e. The Morgan fingerprint density at radius 3 is 2.67 bits per heavy atom. The van der Waals surface area contributed by atoms with E-state index in [1.165, 1.54) is 38.6 Å². The summed E-state index contributed by atoms with van der Waals surface area (Å²) in [5, 5.41) is 1.18. The standard InChI is InChI=1S/C18H28Cl2N4/c1-13-12-23(7-6-14-2-4-15(21)5-3-14)8-9-24(13)17-10-18(20)22-11-16(17)19/h10-11,13-15H,2-9,12,21H2,1H3/t13-,14-,15-/m1/s1. The van der Waals surface area contributed by atoms with Crippen molar-refractivity contribution in [2.24, 2.45) is 11.7 Å². The number of hydrogen-bond acceptors (Lipinski definition) is 4. The van der Waals surface area contributed by atoms with Gasteiger partial charge in [-0.15, -0.1) is 0 Å². The average Bonchev–Trinajstić information content (AvgIpc) is 2.57. The quantitative estimate of drug-likeness (QED) is 0.818. The van der Waals surface area contributed by atoms with Crippen LogP contribution in [0.3, 0.4) is 0 Å². The summed E-state index contributed by atoms with van der Waals surface area (Å²) in [6.45, 7) is 6.59. The van der Waals surface area contributed by atoms with Gasteiger partial charge in [0.2, 0.25) is 0 Å². The Morgan fingerprint density at radius 1 is 1.21 bits per heavy atom. The molecular formula is C18H28Cl2N4. The summed E-state index contributed by atoms with van der Waals surface area (Å²) >= 11 is 12.4. The molecule has 4 nitrogen and oxygen atoms in total. The minimum absolute atomic E-state index is 0.425. The molecule has 1 aromatic heterocycles. The van der Waals surface area contributed by atoms with Gasteiger partial charge in [0.1, 0.15) is 5.15 Å². The molecule has 24 heavy (non-hydrogen) atoms. The normalized spacial score (nSPS) is 29.0. The first kappa shape index (κ1) is 18.2. The summed E-state index contributed by atoms with van der Waals surface area (Å²) in [4.78, 5) is 8.99. The van der Waals surface area contributed by atoms with Crippen LogP contribution in [0.4, 0.5) is 5.69 Å². The highest BCUT2D eigenvalue weighted by molar-refractivity contribution is 6.34. The lowest BCUT2D eigenvalue weighted by Crippen LogP contribution is -2.52. The van der Waals surface area contributed by atoms with Crippen molar-refractivity contribution < 1.29 is 0 Å². The van der Waals surface area contributed by atoms with Crippen LogP contribution in [0.2, 0.25) is 10.2 Å². The second-order valence-corrected chi connectivity index (χ2v) is 8.17. The molecule has 1 atom stereocenters. The number of nitrogens with two attached hydrogens (primary N) is 1. The molecule has 1 aromatic rings. The molecule has 3 rings (SSSR count). The first-order chi connectivity index (χ1) is 11.5. The van der Waals surface area contributed by atoms with Crippen LogP contribution in [-0.4, -0.2) is 48.1 Å². The summed E-state index contributed by atoms with van der Waals surface area (Å²) in [6, 6.07) is 2.75. The zero-order valence-electron chi connectivity index (χ0n) is 14.4. The van der Waals surface area contributed by atoms with Crippen molar-refractivity contribution in [3.8, 4) is 0 Å². The molecule has 1 aliphatic heterocycles. The van der Waals surface area contributed by atoms with E-state index < -0.39 is 0 Å². The lowest BCUT2D eigenvalue weighted by atomic mass is 9.84. The molecular weight excluding hydrogens is 343 g/mol. The maximum absolute atomic E-state index is 6.32. The van der Waals surface area contributed by atoms with Crippen LogP contribution < -0.4 is 10.6 Å². The zero-order valence-corrected chi connectivity index (χ0v) is 15.9. The van der Waals surface area contributed by atoms with Crippen molar-refractivity contribution in [2.45, 2.75) is 51.1 Å². The number of nitrogens with zero attached hydrogens (tertiary/aromatic N) is 3. The molecule has 2 fully saturated rings. The van der Waals surface area contributed by atoms with Crippen LogP contribution in [0.15, 0.2) is 12.3 Å². The molecule has 0 unspecified atom stereocenters. The predicted octanol–water partition coefficient (Wildman–Crippen LogP) is 3.81. The number of piperazine rings is 1. The van der Waals surface area contributed by atoms with Gasteiger partial charge in [-0.25, -0.2) is 4.98 Å². The molecule has 2 aliphatic rings. The second-order valence-electron chi connectivity index (χ2n) is 7.37. The van der Waals surface area contributed by atoms with Gasteiger partial charge in [0.05, 0.1) is 10.7 Å². The Balaban J connectivity index is 1.51. The van der Waals surface area contributed by atoms with Crippen molar-refractivity contribution in [3.63, 3.8) is 0 Å². The van der Waals surface area contributed by atoms with Gasteiger partial charge in [-0.05, 0) is 51.5 Å². The number of hydrogen-bond donors (Lipinski definition) is 1. The second kappa shape index (κ2) is 8.22. The van der Waals surface area contributed by atoms with Crippen LogP contribution in [0.1, 0.15) is 39.0 Å². The maximum Gasteiger partial charge on any atom is 0.131 e. The summed E-state index contributed by atoms with van der Waals surface area (Å²) in [6.07, 6.45) is 7.98. The molecule has 6 heteroatoms. The molecule has 2 N–H and O–H groups in total. The van der Waals surface area contributed by atoms with Crippen LogP contribution in [-0.2, 0) is 0 Å². The molecule has 1 saturated heterocycles. The van der Waals surface area contributed by atoms with Gasteiger partial charge in [-0.2, -0.15) is 0 Å². The van der Waals surface area contributed by atoms with E-state index in [0.29, 0.717) is 22.3 Å². The van der Waals surface area contributed by atoms with Crippen LogP contribution in [0, 0.1) is 5.92 Å². The van der Waals surface area contributed by atoms with Crippen molar-refractivity contribution in [2.75, 3.05) is 31.1 Å². The van der Waals surface area contributed by atoms with E-state index in [1.807, 2.05) is 6.07 Å². The van der Waals surface area contributed by atoms with E-state index in [-0.39, 0.29) is 0 Å². The highest BCUT2D eigenvalue weighted by Crippen LogP contribution is 2.31. The molecule has 1 aliphatic carbocycles. The monoisotopic (exact) mass is 370 g/mol. The maximum atomic E-state index is 6.32. The number of anilines is 1. The third-order valence-corrected chi connectivity index (χ3v) is 6.07. The van der Waals surface area contributed by atoms with Gasteiger partial charge < -0.3 is 10.6 Å². The first-order valence-corrected chi connectivity index (χ1v) is 9.84. The van der Waals surface area contributed by atoms with Crippen molar-refractivity contribution in [1.29, 1.82) is 0 Å². The fourth-order valence-electron chi connectivity index (χ4n) is 4.06. The van der Waals surface area contributed by atoms with Crippen molar-refractivity contribution in [1.82, 2.24) is 9.88 Å². The van der Waals surface area contributed by atoms with Gasteiger partial charge in [-0.3, -0.25) is 4.90 Å². The number of rotatable bonds is 4. The summed E-state index contributed by atoms with van der Waals surface area (Å²) in [5.74, 6) is 0.867. The summed E-state index contributed by atoms with van der Waals surface area (Å²) in [5.41, 5.74) is 7.01. The first-order valence-electron chi connectivity index (χ1n) is 9.08. The van der Waals surface area contributed by atoms with E-state index in [9.17, 15) is 0 Å². The third-order valence-electron chi connectivity index (χ3n) is 5.57. The van der Waals surface area contributed by atoms with Crippen LogP contribution in [0.5, 0.6) is 0 Å². The highest BCUT2D eigenvalue weighted by atomic mass is 35.5. The Kier molecular flexibility index (Phi) is 6.25. The Labute approximate surface area is 155 Å². The fraction of sp³-hybridized carbons (Fsp3) is 0.722. The van der Waals surface area contributed by atoms with Gasteiger partial charge in [0.15, 0.2) is 0 Å². The van der Waals surface area contributed by atoms with Crippen molar-refractivity contribution in [3.05, 3.63) is 22.4 Å². The minimum Gasteiger partial charge on any atom is -0.365 e. The molecule has 0 bridgehead atoms. The topological polar surface area (TPSA) is 45.4 Å². The number of aromatic nitrogens is 1. The average molecular weight is 371 g/mol. The van der Waals surface area contributed by atoms with Gasteiger partial charge in [0.25, 0.3) is 0 Å². The van der Waals surface area contributed by atoms with Crippen molar-refractivity contribution >= 4 is 28.9 Å². The van der Waals surface area contributed by atoms with E-state index >= 15 is 0 Å². The SMILES string of the molecule is C[C@@H]1CN(CC[C@H]2CC[C@H](N)CC2)CCN1c1cc(Cl)ncc1Cl. The number of pyridine rings is 1. The molecule has 0 amide bonds. The number of halogens is 2. The summed E-state index contributed by atoms with van der Waals surface area (Å²) in [7, 11) is 0. The fourth-order valence-corrected chi connectivity index (χ4v) is 4.42. The molecule has 0 aromatic carbocycles. The molecule has 134 valence electrons. The van der Waals surface area contributed by atoms with E-state index in [0.717, 1.165) is 31.2 Å². The van der Waals surface area contributed by atoms with E-state index in [4.69, 9.17) is 28.9 Å². The summed E-state index contributed by atoms with van der Waals surface area (Å²) < 4.78 is 0. The van der Waals surface area contributed by atoms with E-state index in [1.54, 1.807) is 6.20 Å². The molecule has 1 saturated carbocycles. The van der Waals surface area contributed by atoms with Gasteiger partial charge >= 0.3 is 0 Å². The molecule has 0 spiro atoms. The Hall–Kier alpha value is -0.550. The minimum atomic E-state index is 0.425. The lowest BCUT2D eigenvalue weighted by molar-refractivity contribution is 0.198. The smallest absolute Gasteiger partial charge is 0.131 e. The van der Waals surface area contributed by atoms with Crippen LogP contribution in [0.25, 0.3) is 0 Å². The van der Waals surface area contributed by atoms with E-state index in [2.05, 4.69) is 21.7 Å². The Morgan fingerprint density at radius 2 is 1.96 bits per heavy atom. The molecule has 2 heterocycles. The molecule has 0 radical (unpaired) electrons. The predicted molar refractivity (Wildman–Crippen MR) is 102 cm³/mol.